The van der Waals surface area contributed by atoms with Crippen LogP contribution in [0.1, 0.15) is 10.4 Å². The number of methoxy groups -OCH3 is 2. The Morgan fingerprint density at radius 3 is 2.69 bits per heavy atom. The summed E-state index contributed by atoms with van der Waals surface area (Å²) >= 11 is 0. The number of ether oxygens (including phenoxy) is 3. The summed E-state index contributed by atoms with van der Waals surface area (Å²) in [7, 11) is 3.04. The van der Waals surface area contributed by atoms with Crippen LogP contribution in [0.5, 0.6) is 11.5 Å². The number of nitrogens with zero attached hydrogens (tertiary/aromatic N) is 2. The van der Waals surface area contributed by atoms with Gasteiger partial charge >= 0.3 is 5.97 Å². The molecule has 0 radical (unpaired) electrons. The van der Waals surface area contributed by atoms with E-state index in [1.165, 1.54) is 14.2 Å². The Labute approximate surface area is 152 Å². The summed E-state index contributed by atoms with van der Waals surface area (Å²) in [6.07, 6.45) is 0. The number of carbonyl (C=O) groups excluding carboxylic acids is 1. The number of fused-ring (bicyclic) bond motifs is 3. The van der Waals surface area contributed by atoms with Gasteiger partial charge in [-0.05, 0) is 12.1 Å². The van der Waals surface area contributed by atoms with Crippen LogP contribution < -0.4 is 9.47 Å². The van der Waals surface area contributed by atoms with E-state index in [-0.39, 0.29) is 24.4 Å². The van der Waals surface area contributed by atoms with E-state index in [0.717, 1.165) is 0 Å². The maximum atomic E-state index is 13.3. The second-order valence-corrected chi connectivity index (χ2v) is 6.64. The third kappa shape index (κ3) is 3.76. The first-order valence-electron chi connectivity index (χ1n) is 8.57. The van der Waals surface area contributed by atoms with Crippen molar-refractivity contribution in [2.24, 2.45) is 5.92 Å². The number of amides is 1. The molecule has 2 heterocycles. The number of aliphatic carboxylic acids is 1. The molecule has 2 aliphatic rings. The van der Waals surface area contributed by atoms with Gasteiger partial charge in [0.15, 0.2) is 11.5 Å². The van der Waals surface area contributed by atoms with E-state index in [0.29, 0.717) is 49.9 Å². The lowest BCUT2D eigenvalue weighted by Gasteiger charge is -2.31. The number of carbonyl (C=O) groups is 2. The lowest BCUT2D eigenvalue weighted by atomic mass is 10.1. The van der Waals surface area contributed by atoms with Crippen LogP contribution in [0, 0.1) is 5.92 Å². The van der Waals surface area contributed by atoms with Gasteiger partial charge in [-0.25, -0.2) is 0 Å². The van der Waals surface area contributed by atoms with Gasteiger partial charge in [-0.3, -0.25) is 14.5 Å². The zero-order valence-corrected chi connectivity index (χ0v) is 15.0. The zero-order valence-electron chi connectivity index (χ0n) is 15.0. The highest BCUT2D eigenvalue weighted by Gasteiger charge is 2.37. The fraction of sp³-hybridized carbons (Fsp3) is 0.556. The van der Waals surface area contributed by atoms with Crippen LogP contribution in [-0.4, -0.2) is 86.4 Å². The number of carboxylic acid groups (broad SMARTS) is 1. The molecule has 2 atom stereocenters. The van der Waals surface area contributed by atoms with Crippen molar-refractivity contribution in [3.8, 4) is 11.5 Å². The van der Waals surface area contributed by atoms with Crippen LogP contribution >= 0.6 is 0 Å². The highest BCUT2D eigenvalue weighted by molar-refractivity contribution is 5.98. The smallest absolute Gasteiger partial charge is 0.317 e. The summed E-state index contributed by atoms with van der Waals surface area (Å²) in [6.45, 7) is 2.48. The van der Waals surface area contributed by atoms with Crippen molar-refractivity contribution in [3.05, 3.63) is 23.8 Å². The molecule has 142 valence electrons. The molecule has 0 unspecified atom stereocenters. The van der Waals surface area contributed by atoms with Gasteiger partial charge in [0.1, 0.15) is 0 Å². The number of hydrogen-bond donors (Lipinski definition) is 1. The van der Waals surface area contributed by atoms with Crippen LogP contribution in [0.25, 0.3) is 0 Å². The minimum Gasteiger partial charge on any atom is -0.493 e. The van der Waals surface area contributed by atoms with Crippen molar-refractivity contribution in [2.45, 2.75) is 6.04 Å². The Balaban J connectivity index is 1.89. The van der Waals surface area contributed by atoms with Crippen molar-refractivity contribution in [1.82, 2.24) is 9.80 Å². The standard InChI is InChI=1S/C18H24N2O6/c1-24-15-5-3-4-14(17(15)25-2)18(23)20-7-12-6-19(9-16(21)22)8-13(20)11-26-10-12/h3-5,12-13H,6-11H2,1-2H3,(H,21,22)/t12-,13-/m0/s1. The topological polar surface area (TPSA) is 88.5 Å². The van der Waals surface area contributed by atoms with Crippen molar-refractivity contribution < 1.29 is 28.9 Å². The summed E-state index contributed by atoms with van der Waals surface area (Å²) in [4.78, 5) is 28.1. The third-order valence-electron chi connectivity index (χ3n) is 4.80. The van der Waals surface area contributed by atoms with Gasteiger partial charge < -0.3 is 24.2 Å². The van der Waals surface area contributed by atoms with Gasteiger partial charge in [0.25, 0.3) is 5.91 Å². The first kappa shape index (κ1) is 18.5. The second kappa shape index (κ2) is 7.92. The Morgan fingerprint density at radius 2 is 2.00 bits per heavy atom. The number of para-hydroxylation sites is 1. The summed E-state index contributed by atoms with van der Waals surface area (Å²) in [6, 6.07) is 5.01. The summed E-state index contributed by atoms with van der Waals surface area (Å²) in [5, 5.41) is 9.12. The van der Waals surface area contributed by atoms with Gasteiger partial charge in [-0.2, -0.15) is 0 Å². The van der Waals surface area contributed by atoms with E-state index in [4.69, 9.17) is 19.3 Å². The van der Waals surface area contributed by atoms with Crippen LogP contribution in [0.4, 0.5) is 0 Å². The van der Waals surface area contributed by atoms with Crippen LogP contribution in [0.2, 0.25) is 0 Å². The number of rotatable bonds is 5. The Morgan fingerprint density at radius 1 is 1.19 bits per heavy atom. The molecule has 0 spiro atoms. The third-order valence-corrected chi connectivity index (χ3v) is 4.80. The molecule has 0 saturated carbocycles. The van der Waals surface area contributed by atoms with Gasteiger partial charge in [0, 0.05) is 25.6 Å². The molecule has 26 heavy (non-hydrogen) atoms. The Hall–Kier alpha value is -2.32. The molecule has 2 fully saturated rings. The highest BCUT2D eigenvalue weighted by atomic mass is 16.5. The van der Waals surface area contributed by atoms with E-state index in [1.807, 2.05) is 4.90 Å². The van der Waals surface area contributed by atoms with Crippen molar-refractivity contribution in [3.63, 3.8) is 0 Å². The molecule has 2 aliphatic heterocycles. The molecule has 1 aromatic carbocycles. The molecular formula is C18H24N2O6. The molecule has 2 saturated heterocycles. The fourth-order valence-electron chi connectivity index (χ4n) is 3.72. The van der Waals surface area contributed by atoms with E-state index in [1.54, 1.807) is 23.1 Å². The molecule has 3 rings (SSSR count). The normalized spacial score (nSPS) is 23.2. The van der Waals surface area contributed by atoms with Crippen LogP contribution in [0.15, 0.2) is 18.2 Å². The van der Waals surface area contributed by atoms with E-state index < -0.39 is 5.97 Å². The maximum absolute atomic E-state index is 13.3. The molecule has 8 heteroatoms. The number of benzene rings is 1. The van der Waals surface area contributed by atoms with Crippen LogP contribution in [-0.2, 0) is 9.53 Å². The average Bonchev–Trinajstić information content (AvgIpc) is 2.90. The molecular weight excluding hydrogens is 340 g/mol. The quantitative estimate of drug-likeness (QED) is 0.817. The summed E-state index contributed by atoms with van der Waals surface area (Å²) in [5.74, 6) is -0.0407. The maximum Gasteiger partial charge on any atom is 0.317 e. The van der Waals surface area contributed by atoms with Gasteiger partial charge in [0.05, 0.1) is 45.6 Å². The number of hydrogen-bond acceptors (Lipinski definition) is 6. The number of carboxylic acids is 1. The summed E-state index contributed by atoms with van der Waals surface area (Å²) < 4.78 is 16.4. The van der Waals surface area contributed by atoms with Crippen molar-refractivity contribution >= 4 is 11.9 Å². The Kier molecular flexibility index (Phi) is 5.63. The van der Waals surface area contributed by atoms with E-state index in [2.05, 4.69) is 0 Å². The second-order valence-electron chi connectivity index (χ2n) is 6.64. The van der Waals surface area contributed by atoms with Crippen LogP contribution in [0.3, 0.4) is 0 Å². The highest BCUT2D eigenvalue weighted by Crippen LogP contribution is 2.33. The SMILES string of the molecule is COc1cccc(C(=O)N2C[C@H]3COC[C@@H]2CN(CC(=O)O)C3)c1OC. The largest absolute Gasteiger partial charge is 0.493 e. The van der Waals surface area contributed by atoms with Crippen molar-refractivity contribution in [2.75, 3.05) is 53.6 Å². The van der Waals surface area contributed by atoms with Gasteiger partial charge in [-0.15, -0.1) is 0 Å². The molecule has 0 aromatic heterocycles. The van der Waals surface area contributed by atoms with E-state index in [9.17, 15) is 9.59 Å². The van der Waals surface area contributed by atoms with Gasteiger partial charge in [0.2, 0.25) is 0 Å². The van der Waals surface area contributed by atoms with E-state index >= 15 is 0 Å². The minimum atomic E-state index is -0.863. The Bertz CT molecular complexity index is 680. The predicted molar refractivity (Wildman–Crippen MR) is 92.8 cm³/mol. The lowest BCUT2D eigenvalue weighted by molar-refractivity contribution is -0.138. The molecule has 1 aromatic rings. The van der Waals surface area contributed by atoms with Crippen molar-refractivity contribution in [1.29, 1.82) is 0 Å². The first-order chi connectivity index (χ1) is 12.5. The fourth-order valence-corrected chi connectivity index (χ4v) is 3.72. The summed E-state index contributed by atoms with van der Waals surface area (Å²) in [5.41, 5.74) is 0.434. The molecule has 2 bridgehead atoms. The van der Waals surface area contributed by atoms with Gasteiger partial charge in [-0.1, -0.05) is 6.07 Å². The monoisotopic (exact) mass is 364 g/mol. The zero-order chi connectivity index (χ0) is 18.7. The molecule has 1 N–H and O–H groups in total. The molecule has 8 nitrogen and oxygen atoms in total. The predicted octanol–water partition coefficient (Wildman–Crippen LogP) is 0.561. The molecule has 1 amide bonds. The first-order valence-corrected chi connectivity index (χ1v) is 8.57. The average molecular weight is 364 g/mol. The minimum absolute atomic E-state index is 0.0302. The lowest BCUT2D eigenvalue weighted by Crippen LogP contribution is -2.47. The molecule has 0 aliphatic carbocycles.